The molecular weight excluding hydrogens is 376 g/mol. The van der Waals surface area contributed by atoms with Crippen molar-refractivity contribution < 1.29 is 19.0 Å². The summed E-state index contributed by atoms with van der Waals surface area (Å²) in [5.41, 5.74) is 2.12. The Kier molecular flexibility index (Phi) is 3.98. The number of anilines is 1. The van der Waals surface area contributed by atoms with Crippen molar-refractivity contribution in [1.82, 2.24) is 4.98 Å². The smallest absolute Gasteiger partial charge is 0.236 e. The molecule has 0 radical (unpaired) electrons. The third-order valence-corrected chi connectivity index (χ3v) is 5.98. The molecule has 2 heterocycles. The van der Waals surface area contributed by atoms with Crippen LogP contribution in [0.2, 0.25) is 0 Å². The minimum atomic E-state index is -0.517. The van der Waals surface area contributed by atoms with Crippen molar-refractivity contribution in [2.24, 2.45) is 0 Å². The maximum absolute atomic E-state index is 13.0. The van der Waals surface area contributed by atoms with Gasteiger partial charge in [0, 0.05) is 10.9 Å². The molecule has 0 unspecified atom stereocenters. The maximum atomic E-state index is 13.0. The zero-order chi connectivity index (χ0) is 19.1. The number of carbonyl (C=O) groups excluding carboxylic acids is 1. The summed E-state index contributed by atoms with van der Waals surface area (Å²) < 4.78 is 16.2. The van der Waals surface area contributed by atoms with Crippen LogP contribution in [0, 0.1) is 0 Å². The van der Waals surface area contributed by atoms with E-state index in [9.17, 15) is 4.79 Å². The number of fused-ring (bicyclic) bond motifs is 1. The molecule has 0 bridgehead atoms. The summed E-state index contributed by atoms with van der Waals surface area (Å²) in [6.45, 7) is 0.225. The summed E-state index contributed by atoms with van der Waals surface area (Å²) in [5, 5.41) is 5.50. The highest BCUT2D eigenvalue weighted by molar-refractivity contribution is 7.14. The molecule has 2 aliphatic rings. The molecule has 6 nitrogen and oxygen atoms in total. The summed E-state index contributed by atoms with van der Waals surface area (Å²) in [4.78, 5) is 17.6. The van der Waals surface area contributed by atoms with E-state index in [4.69, 9.17) is 14.2 Å². The van der Waals surface area contributed by atoms with Crippen molar-refractivity contribution in [3.05, 3.63) is 53.4 Å². The van der Waals surface area contributed by atoms with Gasteiger partial charge in [-0.2, -0.15) is 0 Å². The normalized spacial score (nSPS) is 15.9. The second-order valence-electron chi connectivity index (χ2n) is 6.84. The largest absolute Gasteiger partial charge is 0.496 e. The number of hydrogen-bond donors (Lipinski definition) is 1. The Balaban J connectivity index is 1.37. The monoisotopic (exact) mass is 394 g/mol. The quantitative estimate of drug-likeness (QED) is 0.702. The Hall–Kier alpha value is -3.06. The number of ether oxygens (including phenoxy) is 3. The van der Waals surface area contributed by atoms with Crippen molar-refractivity contribution in [2.75, 3.05) is 19.2 Å². The predicted octanol–water partition coefficient (Wildman–Crippen LogP) is 4.22. The number of nitrogens with one attached hydrogen (secondary N) is 1. The van der Waals surface area contributed by atoms with Gasteiger partial charge >= 0.3 is 0 Å². The van der Waals surface area contributed by atoms with Crippen LogP contribution >= 0.6 is 11.3 Å². The molecule has 0 atom stereocenters. The van der Waals surface area contributed by atoms with E-state index in [1.54, 1.807) is 7.11 Å². The first kappa shape index (κ1) is 17.1. The summed E-state index contributed by atoms with van der Waals surface area (Å²) in [7, 11) is 1.64. The molecule has 1 saturated carbocycles. The van der Waals surface area contributed by atoms with Crippen molar-refractivity contribution in [2.45, 2.75) is 18.3 Å². The van der Waals surface area contributed by atoms with E-state index in [0.717, 1.165) is 41.2 Å². The molecule has 142 valence electrons. The average molecular weight is 394 g/mol. The molecule has 1 aromatic heterocycles. The average Bonchev–Trinajstić information content (AvgIpc) is 3.19. The SMILES string of the molecule is COc1ccccc1-c1csc(NC(=O)C2(c3ccc4c(c3)OCO4)CC2)n1. The fourth-order valence-electron chi connectivity index (χ4n) is 3.49. The third-order valence-electron chi connectivity index (χ3n) is 5.22. The zero-order valence-corrected chi connectivity index (χ0v) is 16.0. The molecule has 2 aromatic carbocycles. The lowest BCUT2D eigenvalue weighted by atomic mass is 9.94. The molecule has 1 aliphatic heterocycles. The van der Waals surface area contributed by atoms with Crippen LogP contribution in [-0.4, -0.2) is 24.8 Å². The second kappa shape index (κ2) is 6.53. The number of thiazole rings is 1. The van der Waals surface area contributed by atoms with E-state index in [-0.39, 0.29) is 12.7 Å². The van der Waals surface area contributed by atoms with E-state index in [0.29, 0.717) is 10.9 Å². The first-order chi connectivity index (χ1) is 13.7. The van der Waals surface area contributed by atoms with Gasteiger partial charge in [-0.05, 0) is 42.7 Å². The summed E-state index contributed by atoms with van der Waals surface area (Å²) in [6, 6.07) is 13.4. The molecular formula is C21H18N2O4S. The van der Waals surface area contributed by atoms with Crippen molar-refractivity contribution >= 4 is 22.4 Å². The highest BCUT2D eigenvalue weighted by Gasteiger charge is 2.52. The number of carbonyl (C=O) groups is 1. The van der Waals surface area contributed by atoms with Crippen molar-refractivity contribution in [3.63, 3.8) is 0 Å². The van der Waals surface area contributed by atoms with E-state index >= 15 is 0 Å². The molecule has 28 heavy (non-hydrogen) atoms. The van der Waals surface area contributed by atoms with Crippen LogP contribution in [0.15, 0.2) is 47.8 Å². The summed E-state index contributed by atoms with van der Waals surface area (Å²) in [5.74, 6) is 2.14. The number of rotatable bonds is 5. The predicted molar refractivity (Wildman–Crippen MR) is 106 cm³/mol. The Morgan fingerprint density at radius 2 is 2.00 bits per heavy atom. The standard InChI is InChI=1S/C21H18N2O4S/c1-25-16-5-3-2-4-14(16)15-11-28-20(22-15)23-19(24)21(8-9-21)13-6-7-17-18(10-13)27-12-26-17/h2-7,10-11H,8-9,12H2,1H3,(H,22,23,24). The van der Waals surface area contributed by atoms with Crippen LogP contribution in [0.5, 0.6) is 17.2 Å². The second-order valence-corrected chi connectivity index (χ2v) is 7.70. The lowest BCUT2D eigenvalue weighted by Gasteiger charge is -2.15. The van der Waals surface area contributed by atoms with Gasteiger partial charge < -0.3 is 19.5 Å². The number of para-hydroxylation sites is 1. The van der Waals surface area contributed by atoms with Crippen molar-refractivity contribution in [1.29, 1.82) is 0 Å². The fourth-order valence-corrected chi connectivity index (χ4v) is 4.20. The Morgan fingerprint density at radius 3 is 2.82 bits per heavy atom. The van der Waals surface area contributed by atoms with Gasteiger partial charge in [0.1, 0.15) is 5.75 Å². The number of nitrogens with zero attached hydrogens (tertiary/aromatic N) is 1. The molecule has 1 N–H and O–H groups in total. The molecule has 1 fully saturated rings. The van der Waals surface area contributed by atoms with Gasteiger partial charge in [-0.1, -0.05) is 18.2 Å². The van der Waals surface area contributed by atoms with Gasteiger partial charge in [0.25, 0.3) is 0 Å². The van der Waals surface area contributed by atoms with E-state index < -0.39 is 5.41 Å². The maximum Gasteiger partial charge on any atom is 0.236 e. The minimum Gasteiger partial charge on any atom is -0.496 e. The van der Waals surface area contributed by atoms with E-state index in [1.165, 1.54) is 11.3 Å². The van der Waals surface area contributed by atoms with Gasteiger partial charge in [0.15, 0.2) is 16.6 Å². The van der Waals surface area contributed by atoms with Gasteiger partial charge in [-0.3, -0.25) is 4.79 Å². The van der Waals surface area contributed by atoms with Crippen LogP contribution in [-0.2, 0) is 10.2 Å². The first-order valence-electron chi connectivity index (χ1n) is 9.00. The van der Waals surface area contributed by atoms with Gasteiger partial charge in [0.05, 0.1) is 18.2 Å². The molecule has 5 rings (SSSR count). The molecule has 7 heteroatoms. The van der Waals surface area contributed by atoms with Crippen LogP contribution in [0.25, 0.3) is 11.3 Å². The molecule has 1 amide bonds. The van der Waals surface area contributed by atoms with Crippen LogP contribution in [0.1, 0.15) is 18.4 Å². The Labute approximate surface area is 166 Å². The topological polar surface area (TPSA) is 69.7 Å². The van der Waals surface area contributed by atoms with E-state index in [2.05, 4.69) is 10.3 Å². The van der Waals surface area contributed by atoms with Crippen LogP contribution < -0.4 is 19.5 Å². The number of amides is 1. The fraction of sp³-hybridized carbons (Fsp3) is 0.238. The van der Waals surface area contributed by atoms with Gasteiger partial charge in [-0.15, -0.1) is 11.3 Å². The summed E-state index contributed by atoms with van der Waals surface area (Å²) >= 11 is 1.41. The number of methoxy groups -OCH3 is 1. The minimum absolute atomic E-state index is 0.0349. The van der Waals surface area contributed by atoms with Crippen LogP contribution in [0.4, 0.5) is 5.13 Å². The molecule has 3 aromatic rings. The van der Waals surface area contributed by atoms with Crippen LogP contribution in [0.3, 0.4) is 0 Å². The zero-order valence-electron chi connectivity index (χ0n) is 15.2. The molecule has 0 spiro atoms. The highest BCUT2D eigenvalue weighted by atomic mass is 32.1. The third kappa shape index (κ3) is 2.79. The molecule has 1 aliphatic carbocycles. The van der Waals surface area contributed by atoms with Gasteiger partial charge in [0.2, 0.25) is 12.7 Å². The Morgan fingerprint density at radius 1 is 1.18 bits per heavy atom. The van der Waals surface area contributed by atoms with Gasteiger partial charge in [-0.25, -0.2) is 4.98 Å². The van der Waals surface area contributed by atoms with E-state index in [1.807, 2.05) is 47.8 Å². The first-order valence-corrected chi connectivity index (χ1v) is 9.88. The lowest BCUT2D eigenvalue weighted by molar-refractivity contribution is -0.118. The highest BCUT2D eigenvalue weighted by Crippen LogP contribution is 2.51. The lowest BCUT2D eigenvalue weighted by Crippen LogP contribution is -2.27. The summed E-state index contributed by atoms with van der Waals surface area (Å²) in [6.07, 6.45) is 1.62. The van der Waals surface area contributed by atoms with Crippen molar-refractivity contribution in [3.8, 4) is 28.5 Å². The molecule has 0 saturated heterocycles. The number of hydrogen-bond acceptors (Lipinski definition) is 6. The number of benzene rings is 2. The Bertz CT molecular complexity index is 1060. The number of aromatic nitrogens is 1.